The highest BCUT2D eigenvalue weighted by Crippen LogP contribution is 2.43. The maximum absolute atomic E-state index is 13.2. The van der Waals surface area contributed by atoms with Crippen molar-refractivity contribution in [2.75, 3.05) is 71.8 Å². The topological polar surface area (TPSA) is 68.4 Å². The molecule has 0 radical (unpaired) electrons. The number of nitrogens with zero attached hydrogens (tertiary/aromatic N) is 4. The van der Waals surface area contributed by atoms with Gasteiger partial charge in [-0.25, -0.2) is 4.79 Å². The Balaban J connectivity index is 1.32. The van der Waals surface area contributed by atoms with Crippen molar-refractivity contribution in [3.63, 3.8) is 0 Å². The Bertz CT molecular complexity index is 816. The second kappa shape index (κ2) is 9.67. The third kappa shape index (κ3) is 4.86. The number of rotatable bonds is 4. The van der Waals surface area contributed by atoms with Gasteiger partial charge in [-0.2, -0.15) is 0 Å². The molecule has 176 valence electrons. The van der Waals surface area contributed by atoms with E-state index in [4.69, 9.17) is 4.74 Å². The van der Waals surface area contributed by atoms with Crippen LogP contribution in [0.5, 0.6) is 5.75 Å². The molecule has 3 aliphatic heterocycles. The van der Waals surface area contributed by atoms with E-state index in [1.54, 1.807) is 0 Å². The first-order valence-corrected chi connectivity index (χ1v) is 11.9. The largest absolute Gasteiger partial charge is 0.492 e. The number of piperazine rings is 1. The van der Waals surface area contributed by atoms with E-state index in [0.717, 1.165) is 52.0 Å². The molecule has 1 N–H and O–H groups in total. The molecule has 3 aliphatic rings. The number of para-hydroxylation sites is 2. The van der Waals surface area contributed by atoms with E-state index in [1.165, 1.54) is 0 Å². The van der Waals surface area contributed by atoms with Crippen molar-refractivity contribution in [2.24, 2.45) is 5.41 Å². The lowest BCUT2D eigenvalue weighted by atomic mass is 9.76. The number of benzene rings is 1. The Morgan fingerprint density at radius 2 is 1.72 bits per heavy atom. The van der Waals surface area contributed by atoms with Crippen molar-refractivity contribution < 1.29 is 14.3 Å². The highest BCUT2D eigenvalue weighted by atomic mass is 16.5. The minimum atomic E-state index is -0.0802. The van der Waals surface area contributed by atoms with Gasteiger partial charge in [-0.3, -0.25) is 9.69 Å². The van der Waals surface area contributed by atoms with Crippen LogP contribution in [0.4, 0.5) is 10.5 Å². The summed E-state index contributed by atoms with van der Waals surface area (Å²) in [5.74, 6) is 0.977. The van der Waals surface area contributed by atoms with Crippen molar-refractivity contribution in [1.82, 2.24) is 19.6 Å². The van der Waals surface area contributed by atoms with E-state index < -0.39 is 0 Å². The molecule has 0 aromatic heterocycles. The van der Waals surface area contributed by atoms with Crippen LogP contribution in [0.15, 0.2) is 24.3 Å². The summed E-state index contributed by atoms with van der Waals surface area (Å²) in [5, 5.41) is 3.01. The molecule has 4 rings (SSSR count). The summed E-state index contributed by atoms with van der Waals surface area (Å²) in [6.45, 7) is 8.39. The van der Waals surface area contributed by atoms with Crippen molar-refractivity contribution >= 4 is 17.6 Å². The molecule has 3 saturated heterocycles. The summed E-state index contributed by atoms with van der Waals surface area (Å²) >= 11 is 0. The quantitative estimate of drug-likeness (QED) is 0.773. The number of nitrogens with one attached hydrogen (secondary N) is 1. The zero-order valence-electron chi connectivity index (χ0n) is 19.7. The number of likely N-dealkylation sites (N-methyl/N-ethyl adjacent to an activating group) is 2. The van der Waals surface area contributed by atoms with Crippen LogP contribution in [0.25, 0.3) is 0 Å². The van der Waals surface area contributed by atoms with E-state index in [1.807, 2.05) is 41.0 Å². The summed E-state index contributed by atoms with van der Waals surface area (Å²) in [6.07, 6.45) is 2.77. The molecule has 1 atom stereocenters. The molecule has 1 aromatic rings. The Morgan fingerprint density at radius 1 is 1.03 bits per heavy atom. The van der Waals surface area contributed by atoms with E-state index in [-0.39, 0.29) is 23.4 Å². The summed E-state index contributed by atoms with van der Waals surface area (Å²) in [6, 6.07) is 7.43. The SMILES string of the molecule is CCOc1ccccc1NC(=O)N1CCC2(CC1)CC(C(=O)N1CCN(C)CC1)N(C)C2. The average Bonchev–Trinajstić information content (AvgIpc) is 3.11. The van der Waals surface area contributed by atoms with E-state index in [2.05, 4.69) is 29.2 Å². The number of carbonyl (C=O) groups excluding carboxylic acids is 2. The molecule has 1 unspecified atom stereocenters. The molecule has 1 aromatic carbocycles. The number of piperidine rings is 1. The minimum Gasteiger partial charge on any atom is -0.492 e. The van der Waals surface area contributed by atoms with Crippen LogP contribution in [-0.2, 0) is 4.79 Å². The third-order valence-corrected chi connectivity index (χ3v) is 7.38. The van der Waals surface area contributed by atoms with Gasteiger partial charge in [0, 0.05) is 45.8 Å². The summed E-state index contributed by atoms with van der Waals surface area (Å²) < 4.78 is 5.63. The van der Waals surface area contributed by atoms with Gasteiger partial charge in [0.05, 0.1) is 18.3 Å². The number of anilines is 1. The smallest absolute Gasteiger partial charge is 0.321 e. The average molecular weight is 444 g/mol. The van der Waals surface area contributed by atoms with Gasteiger partial charge in [-0.15, -0.1) is 0 Å². The van der Waals surface area contributed by atoms with Gasteiger partial charge in [-0.05, 0) is 57.8 Å². The molecule has 3 amide bonds. The second-order valence-electron chi connectivity index (χ2n) is 9.61. The van der Waals surface area contributed by atoms with Crippen LogP contribution in [0.2, 0.25) is 0 Å². The highest BCUT2D eigenvalue weighted by Gasteiger charge is 2.48. The standard InChI is InChI=1S/C24H37N5O3/c1-4-32-21-8-6-5-7-19(21)25-23(31)29-11-9-24(10-12-29)17-20(27(3)18-24)22(30)28-15-13-26(2)14-16-28/h5-8,20H,4,9-18H2,1-3H3,(H,25,31). The predicted molar refractivity (Wildman–Crippen MR) is 125 cm³/mol. The van der Waals surface area contributed by atoms with Gasteiger partial charge in [0.2, 0.25) is 5.91 Å². The lowest BCUT2D eigenvalue weighted by Crippen LogP contribution is -2.52. The first-order chi connectivity index (χ1) is 15.4. The summed E-state index contributed by atoms with van der Waals surface area (Å²) in [4.78, 5) is 34.5. The van der Waals surface area contributed by atoms with Gasteiger partial charge in [0.25, 0.3) is 0 Å². The number of amides is 3. The molecule has 0 bridgehead atoms. The molecule has 8 heteroatoms. The Hall–Kier alpha value is -2.32. The first kappa shape index (κ1) is 22.9. The zero-order chi connectivity index (χ0) is 22.7. The van der Waals surface area contributed by atoms with Gasteiger partial charge in [-0.1, -0.05) is 12.1 Å². The number of ether oxygens (including phenoxy) is 1. The number of urea groups is 1. The summed E-state index contributed by atoms with van der Waals surface area (Å²) in [5.41, 5.74) is 0.833. The number of carbonyl (C=O) groups is 2. The van der Waals surface area contributed by atoms with Crippen LogP contribution >= 0.6 is 0 Å². The predicted octanol–water partition coefficient (Wildman–Crippen LogP) is 2.18. The van der Waals surface area contributed by atoms with E-state index in [0.29, 0.717) is 31.1 Å². The van der Waals surface area contributed by atoms with Crippen LogP contribution in [0.1, 0.15) is 26.2 Å². The van der Waals surface area contributed by atoms with Crippen LogP contribution < -0.4 is 10.1 Å². The second-order valence-corrected chi connectivity index (χ2v) is 9.61. The minimum absolute atomic E-state index is 0.0307. The fourth-order valence-corrected chi connectivity index (χ4v) is 5.38. The Labute approximate surface area is 191 Å². The number of hydrogen-bond acceptors (Lipinski definition) is 5. The molecule has 0 saturated carbocycles. The fourth-order valence-electron chi connectivity index (χ4n) is 5.38. The fraction of sp³-hybridized carbons (Fsp3) is 0.667. The monoisotopic (exact) mass is 443 g/mol. The maximum atomic E-state index is 13.2. The molecule has 3 heterocycles. The van der Waals surface area contributed by atoms with Crippen LogP contribution in [0, 0.1) is 5.41 Å². The highest BCUT2D eigenvalue weighted by molar-refractivity contribution is 5.91. The van der Waals surface area contributed by atoms with Crippen molar-refractivity contribution in [1.29, 1.82) is 0 Å². The normalized spacial score (nSPS) is 24.0. The van der Waals surface area contributed by atoms with Gasteiger partial charge >= 0.3 is 6.03 Å². The van der Waals surface area contributed by atoms with Crippen molar-refractivity contribution in [2.45, 2.75) is 32.2 Å². The molecular formula is C24H37N5O3. The molecule has 8 nitrogen and oxygen atoms in total. The van der Waals surface area contributed by atoms with Gasteiger partial charge in [0.15, 0.2) is 0 Å². The lowest BCUT2D eigenvalue weighted by Gasteiger charge is -2.39. The van der Waals surface area contributed by atoms with E-state index >= 15 is 0 Å². The first-order valence-electron chi connectivity index (χ1n) is 11.9. The molecule has 1 spiro atoms. The van der Waals surface area contributed by atoms with Crippen LogP contribution in [0.3, 0.4) is 0 Å². The summed E-state index contributed by atoms with van der Waals surface area (Å²) in [7, 11) is 4.19. The number of hydrogen-bond donors (Lipinski definition) is 1. The molecule has 32 heavy (non-hydrogen) atoms. The molecule has 0 aliphatic carbocycles. The van der Waals surface area contributed by atoms with Crippen molar-refractivity contribution in [3.05, 3.63) is 24.3 Å². The lowest BCUT2D eigenvalue weighted by molar-refractivity contribution is -0.137. The molecular weight excluding hydrogens is 406 g/mol. The van der Waals surface area contributed by atoms with Crippen molar-refractivity contribution in [3.8, 4) is 5.75 Å². The zero-order valence-corrected chi connectivity index (χ0v) is 19.7. The van der Waals surface area contributed by atoms with Crippen LogP contribution in [-0.4, -0.2) is 104 Å². The molecule has 3 fully saturated rings. The number of likely N-dealkylation sites (tertiary alicyclic amines) is 2. The Morgan fingerprint density at radius 3 is 2.41 bits per heavy atom. The van der Waals surface area contributed by atoms with Gasteiger partial charge < -0.3 is 24.8 Å². The van der Waals surface area contributed by atoms with E-state index in [9.17, 15) is 9.59 Å². The van der Waals surface area contributed by atoms with Gasteiger partial charge in [0.1, 0.15) is 5.75 Å². The maximum Gasteiger partial charge on any atom is 0.321 e. The third-order valence-electron chi connectivity index (χ3n) is 7.38. The Kier molecular flexibility index (Phi) is 6.90.